The standard InChI is InChI=1S/C25H26F7NO3/c1-23(2,3)36-22(34)33-11-17(21(12-33)16-4-6-20(26)7-5-16)14-35-13-15-8-18(24(27,28)29)10-19(9-15)25(30,31)32/h4-10,17,21H,11-14H2,1-3H3/t17-,21+/m1/s1. The van der Waals surface area contributed by atoms with Gasteiger partial charge in [0.05, 0.1) is 24.3 Å². The zero-order valence-corrected chi connectivity index (χ0v) is 19.8. The van der Waals surface area contributed by atoms with Crippen LogP contribution in [0.3, 0.4) is 0 Å². The fraction of sp³-hybridized carbons (Fsp3) is 0.480. The highest BCUT2D eigenvalue weighted by Gasteiger charge is 2.39. The molecule has 1 fully saturated rings. The van der Waals surface area contributed by atoms with Gasteiger partial charge >= 0.3 is 18.4 Å². The number of nitrogens with zero attached hydrogens (tertiary/aromatic N) is 1. The molecule has 2 aromatic carbocycles. The molecular weight excluding hydrogens is 495 g/mol. The minimum Gasteiger partial charge on any atom is -0.444 e. The lowest BCUT2D eigenvalue weighted by atomic mass is 9.89. The number of hydrogen-bond acceptors (Lipinski definition) is 3. The number of alkyl halides is 6. The summed E-state index contributed by atoms with van der Waals surface area (Å²) < 4.78 is 103. The van der Waals surface area contributed by atoms with Crippen LogP contribution >= 0.6 is 0 Å². The van der Waals surface area contributed by atoms with E-state index < -0.39 is 47.6 Å². The number of ether oxygens (including phenoxy) is 2. The normalized spacial score (nSPS) is 19.0. The second kappa shape index (κ2) is 10.3. The maximum absolute atomic E-state index is 13.4. The molecule has 1 amide bonds. The van der Waals surface area contributed by atoms with Crippen molar-refractivity contribution in [3.05, 3.63) is 70.5 Å². The average molecular weight is 521 g/mol. The zero-order chi connectivity index (χ0) is 26.9. The van der Waals surface area contributed by atoms with Gasteiger partial charge in [0, 0.05) is 24.9 Å². The average Bonchev–Trinajstić information content (AvgIpc) is 3.16. The molecule has 2 aromatic rings. The van der Waals surface area contributed by atoms with E-state index in [1.54, 1.807) is 32.9 Å². The van der Waals surface area contributed by atoms with Crippen LogP contribution in [0.5, 0.6) is 0 Å². The van der Waals surface area contributed by atoms with Crippen LogP contribution in [0, 0.1) is 11.7 Å². The molecule has 4 nitrogen and oxygen atoms in total. The number of carbonyl (C=O) groups excluding carboxylic acids is 1. The van der Waals surface area contributed by atoms with Crippen LogP contribution < -0.4 is 0 Å². The number of amides is 1. The van der Waals surface area contributed by atoms with Gasteiger partial charge in [0.25, 0.3) is 0 Å². The Balaban J connectivity index is 1.77. The van der Waals surface area contributed by atoms with Crippen LogP contribution in [0.2, 0.25) is 0 Å². The molecular formula is C25H26F7NO3. The Hall–Kier alpha value is -2.82. The highest BCUT2D eigenvalue weighted by molar-refractivity contribution is 5.68. The third-order valence-electron chi connectivity index (χ3n) is 5.64. The maximum Gasteiger partial charge on any atom is 0.416 e. The van der Waals surface area contributed by atoms with Crippen LogP contribution in [0.25, 0.3) is 0 Å². The molecule has 198 valence electrons. The van der Waals surface area contributed by atoms with Crippen molar-refractivity contribution in [1.82, 2.24) is 4.90 Å². The zero-order valence-electron chi connectivity index (χ0n) is 19.8. The third kappa shape index (κ3) is 7.35. The fourth-order valence-corrected chi connectivity index (χ4v) is 4.03. The Kier molecular flexibility index (Phi) is 7.92. The van der Waals surface area contributed by atoms with Crippen LogP contribution in [0.15, 0.2) is 42.5 Å². The molecule has 0 radical (unpaired) electrons. The van der Waals surface area contributed by atoms with Crippen molar-refractivity contribution in [2.24, 2.45) is 5.92 Å². The van der Waals surface area contributed by atoms with E-state index in [-0.39, 0.29) is 43.2 Å². The van der Waals surface area contributed by atoms with E-state index in [1.807, 2.05) is 0 Å². The lowest BCUT2D eigenvalue weighted by Crippen LogP contribution is -2.35. The van der Waals surface area contributed by atoms with E-state index in [0.717, 1.165) is 5.56 Å². The number of carbonyl (C=O) groups is 1. The summed E-state index contributed by atoms with van der Waals surface area (Å²) in [6, 6.07) is 6.96. The van der Waals surface area contributed by atoms with Gasteiger partial charge in [-0.2, -0.15) is 26.3 Å². The van der Waals surface area contributed by atoms with Gasteiger partial charge in [-0.3, -0.25) is 0 Å². The molecule has 1 saturated heterocycles. The highest BCUT2D eigenvalue weighted by Crippen LogP contribution is 2.37. The number of benzene rings is 2. The molecule has 1 aliphatic rings. The van der Waals surface area contributed by atoms with Crippen molar-refractivity contribution < 1.29 is 45.0 Å². The van der Waals surface area contributed by atoms with Crippen molar-refractivity contribution in [1.29, 1.82) is 0 Å². The van der Waals surface area contributed by atoms with Gasteiger partial charge in [-0.1, -0.05) is 12.1 Å². The van der Waals surface area contributed by atoms with E-state index in [9.17, 15) is 35.5 Å². The Bertz CT molecular complexity index is 1030. The summed E-state index contributed by atoms with van der Waals surface area (Å²) in [4.78, 5) is 14.0. The van der Waals surface area contributed by atoms with Gasteiger partial charge in [0.15, 0.2) is 0 Å². The van der Waals surface area contributed by atoms with Gasteiger partial charge in [0.1, 0.15) is 11.4 Å². The van der Waals surface area contributed by atoms with E-state index in [2.05, 4.69) is 0 Å². The van der Waals surface area contributed by atoms with Gasteiger partial charge in [-0.25, -0.2) is 9.18 Å². The molecule has 2 atom stereocenters. The molecule has 1 heterocycles. The second-order valence-electron chi connectivity index (χ2n) is 9.73. The van der Waals surface area contributed by atoms with E-state index >= 15 is 0 Å². The van der Waals surface area contributed by atoms with Gasteiger partial charge in [-0.05, 0) is 62.2 Å². The van der Waals surface area contributed by atoms with Gasteiger partial charge in [-0.15, -0.1) is 0 Å². The maximum atomic E-state index is 13.4. The summed E-state index contributed by atoms with van der Waals surface area (Å²) in [6.07, 6.45) is -10.5. The molecule has 3 rings (SSSR count). The first kappa shape index (κ1) is 27.8. The van der Waals surface area contributed by atoms with Gasteiger partial charge in [0.2, 0.25) is 0 Å². The largest absolute Gasteiger partial charge is 0.444 e. The van der Waals surface area contributed by atoms with E-state index in [1.165, 1.54) is 17.0 Å². The van der Waals surface area contributed by atoms with Crippen molar-refractivity contribution in [2.45, 2.75) is 51.2 Å². The Labute approximate surface area is 204 Å². The number of likely N-dealkylation sites (tertiary alicyclic amines) is 1. The summed E-state index contributed by atoms with van der Waals surface area (Å²) in [5.41, 5.74) is -3.14. The second-order valence-corrected chi connectivity index (χ2v) is 9.73. The lowest BCUT2D eigenvalue weighted by Gasteiger charge is -2.24. The molecule has 0 N–H and O–H groups in total. The number of halogens is 7. The van der Waals surface area contributed by atoms with Crippen molar-refractivity contribution in [3.63, 3.8) is 0 Å². The first-order valence-corrected chi connectivity index (χ1v) is 11.1. The van der Waals surface area contributed by atoms with Crippen molar-refractivity contribution in [2.75, 3.05) is 19.7 Å². The smallest absolute Gasteiger partial charge is 0.416 e. The molecule has 36 heavy (non-hydrogen) atoms. The SMILES string of the molecule is CC(C)(C)OC(=O)N1C[C@H](COCc2cc(C(F)(F)F)cc(C(F)(F)F)c2)[C@H](c2ccc(F)cc2)C1. The van der Waals surface area contributed by atoms with Crippen molar-refractivity contribution in [3.8, 4) is 0 Å². The first-order chi connectivity index (χ1) is 16.5. The van der Waals surface area contributed by atoms with Crippen molar-refractivity contribution >= 4 is 6.09 Å². The first-order valence-electron chi connectivity index (χ1n) is 11.1. The van der Waals surface area contributed by atoms with Crippen LogP contribution in [-0.2, 0) is 28.4 Å². The predicted molar refractivity (Wildman–Crippen MR) is 117 cm³/mol. The topological polar surface area (TPSA) is 38.8 Å². The molecule has 0 saturated carbocycles. The van der Waals surface area contributed by atoms with E-state index in [0.29, 0.717) is 12.1 Å². The summed E-state index contributed by atoms with van der Waals surface area (Å²) in [5.74, 6) is -1.10. The summed E-state index contributed by atoms with van der Waals surface area (Å²) >= 11 is 0. The molecule has 0 aliphatic carbocycles. The highest BCUT2D eigenvalue weighted by atomic mass is 19.4. The predicted octanol–water partition coefficient (Wildman–Crippen LogP) is 7.03. The summed E-state index contributed by atoms with van der Waals surface area (Å²) in [6.45, 7) is 5.00. The minimum absolute atomic E-state index is 0.0566. The van der Waals surface area contributed by atoms with Crippen LogP contribution in [0.4, 0.5) is 35.5 Å². The number of hydrogen-bond donors (Lipinski definition) is 0. The molecule has 0 unspecified atom stereocenters. The summed E-state index contributed by atoms with van der Waals surface area (Å²) in [7, 11) is 0. The lowest BCUT2D eigenvalue weighted by molar-refractivity contribution is -0.143. The fourth-order valence-electron chi connectivity index (χ4n) is 4.03. The third-order valence-corrected chi connectivity index (χ3v) is 5.64. The monoisotopic (exact) mass is 521 g/mol. The minimum atomic E-state index is -4.96. The Morgan fingerprint density at radius 3 is 1.97 bits per heavy atom. The summed E-state index contributed by atoms with van der Waals surface area (Å²) in [5, 5.41) is 0. The number of rotatable bonds is 5. The molecule has 0 aromatic heterocycles. The Morgan fingerprint density at radius 2 is 1.47 bits per heavy atom. The van der Waals surface area contributed by atoms with Gasteiger partial charge < -0.3 is 14.4 Å². The van der Waals surface area contributed by atoms with Crippen LogP contribution in [-0.4, -0.2) is 36.3 Å². The Morgan fingerprint density at radius 1 is 0.917 bits per heavy atom. The molecule has 11 heteroatoms. The van der Waals surface area contributed by atoms with Crippen LogP contribution in [0.1, 0.15) is 48.9 Å². The quantitative estimate of drug-likeness (QED) is 0.397. The molecule has 0 bridgehead atoms. The van der Waals surface area contributed by atoms with E-state index in [4.69, 9.17) is 9.47 Å². The molecule has 1 aliphatic heterocycles. The molecule has 0 spiro atoms.